The first-order valence-corrected chi connectivity index (χ1v) is 15.6. The van der Waals surface area contributed by atoms with Crippen LogP contribution in [-0.2, 0) is 40.4 Å². The fraction of sp³-hybridized carbons (Fsp3) is 0.423. The fourth-order valence-corrected chi connectivity index (χ4v) is 5.41. The van der Waals surface area contributed by atoms with Crippen molar-refractivity contribution in [2.24, 2.45) is 5.10 Å². The van der Waals surface area contributed by atoms with Gasteiger partial charge in [-0.15, -0.1) is 0 Å². The molecule has 1 heterocycles. The number of aromatic amines is 1. The molecule has 242 valence electrons. The van der Waals surface area contributed by atoms with E-state index in [2.05, 4.69) is 31.0 Å². The zero-order chi connectivity index (χ0) is 33.1. The number of hydroxylamine groups is 3. The van der Waals surface area contributed by atoms with Crippen molar-refractivity contribution in [3.05, 3.63) is 55.5 Å². The summed E-state index contributed by atoms with van der Waals surface area (Å²) in [5, 5.41) is 7.08. The molecule has 0 aliphatic rings. The number of anilines is 1. The van der Waals surface area contributed by atoms with Gasteiger partial charge in [0.1, 0.15) is 23.7 Å². The summed E-state index contributed by atoms with van der Waals surface area (Å²) in [7, 11) is -1.54. The molecule has 0 spiro atoms. The summed E-state index contributed by atoms with van der Waals surface area (Å²) < 4.78 is 34.0. The van der Waals surface area contributed by atoms with Crippen molar-refractivity contribution < 1.29 is 37.2 Å². The average Bonchev–Trinajstić information content (AvgIpc) is 2.91. The number of nitrogens with one attached hydrogen (secondary N) is 5. The highest BCUT2D eigenvalue weighted by atomic mass is 127. The van der Waals surface area contributed by atoms with E-state index in [0.717, 1.165) is 11.4 Å². The van der Waals surface area contributed by atoms with Gasteiger partial charge in [-0.1, -0.05) is 6.07 Å². The molecule has 3 amide bonds. The topological polar surface area (TPSA) is 210 Å². The predicted molar refractivity (Wildman–Crippen MR) is 169 cm³/mol. The van der Waals surface area contributed by atoms with E-state index in [1.165, 1.54) is 32.4 Å². The Kier molecular flexibility index (Phi) is 13.5. The first-order chi connectivity index (χ1) is 20.5. The number of hydrogen-bond acceptors (Lipinski definition) is 10. The van der Waals surface area contributed by atoms with Gasteiger partial charge in [0.25, 0.3) is 21.5 Å². The molecule has 0 fully saturated rings. The number of nitrogens with zero attached hydrogens (tertiary/aromatic N) is 2. The summed E-state index contributed by atoms with van der Waals surface area (Å²) in [6.45, 7) is 6.57. The van der Waals surface area contributed by atoms with Crippen molar-refractivity contribution in [2.45, 2.75) is 57.1 Å². The highest BCUT2D eigenvalue weighted by molar-refractivity contribution is 14.1. The van der Waals surface area contributed by atoms with E-state index in [1.807, 2.05) is 22.6 Å². The van der Waals surface area contributed by atoms with Crippen molar-refractivity contribution in [1.29, 1.82) is 0 Å². The molecule has 0 bridgehead atoms. The van der Waals surface area contributed by atoms with Crippen LogP contribution in [0.1, 0.15) is 38.4 Å². The van der Waals surface area contributed by atoms with Crippen molar-refractivity contribution in [3.8, 4) is 0 Å². The molecule has 0 unspecified atom stereocenters. The molecule has 1 aromatic carbocycles. The zero-order valence-corrected chi connectivity index (χ0v) is 28.0. The molecule has 1 atom stereocenters. The van der Waals surface area contributed by atoms with Crippen LogP contribution in [0.3, 0.4) is 0 Å². The van der Waals surface area contributed by atoms with Gasteiger partial charge in [0, 0.05) is 22.7 Å². The standard InChI is InChI=1S/C26H36IN7O9S/c1-16-12-17(22(23(36)30-16)33-44(39,40)19-9-7-8-18(27)14-19)13-21(35)31-20(24(37)34(5)41-6)10-11-42-29-15-28-32-25(38)43-26(2,3)4/h7-9,12,14-15,20,33H,10-11,13H2,1-6H3,(H,28,29)(H,30,36)(H,31,35)(H,32,38)/t20-/m0/s1. The highest BCUT2D eigenvalue weighted by Crippen LogP contribution is 2.20. The number of ether oxygens (including phenoxy) is 1. The number of pyridine rings is 1. The maximum absolute atomic E-state index is 13.1. The summed E-state index contributed by atoms with van der Waals surface area (Å²) in [5.74, 6) is -1.28. The van der Waals surface area contributed by atoms with Crippen molar-refractivity contribution in [1.82, 2.24) is 26.3 Å². The minimum absolute atomic E-state index is 0.0286. The Hall–Kier alpha value is -3.75. The lowest BCUT2D eigenvalue weighted by molar-refractivity contribution is -0.172. The Bertz CT molecular complexity index is 1520. The van der Waals surface area contributed by atoms with E-state index in [-0.39, 0.29) is 29.2 Å². The number of carbonyl (C=O) groups excluding carboxylic acids is 3. The van der Waals surface area contributed by atoms with Gasteiger partial charge < -0.3 is 15.0 Å². The van der Waals surface area contributed by atoms with Gasteiger partial charge in [-0.3, -0.25) is 34.3 Å². The van der Waals surface area contributed by atoms with Crippen LogP contribution in [0.15, 0.2) is 45.1 Å². The Morgan fingerprint density at radius 1 is 1.20 bits per heavy atom. The van der Waals surface area contributed by atoms with Crippen LogP contribution in [-0.4, -0.2) is 75.1 Å². The first kappa shape index (κ1) is 36.4. The van der Waals surface area contributed by atoms with E-state index in [4.69, 9.17) is 14.4 Å². The quantitative estimate of drug-likeness (QED) is 0.0619. The van der Waals surface area contributed by atoms with Gasteiger partial charge in [-0.05, 0) is 80.1 Å². The van der Waals surface area contributed by atoms with Crippen LogP contribution >= 0.6 is 22.6 Å². The maximum Gasteiger partial charge on any atom is 0.428 e. The van der Waals surface area contributed by atoms with Gasteiger partial charge >= 0.3 is 6.09 Å². The molecule has 5 N–H and O–H groups in total. The molecule has 1 aromatic heterocycles. The Morgan fingerprint density at radius 3 is 2.55 bits per heavy atom. The number of hydrogen-bond donors (Lipinski definition) is 5. The van der Waals surface area contributed by atoms with Gasteiger partial charge in [0.15, 0.2) is 0 Å². The third-order valence-corrected chi connectivity index (χ3v) is 7.44. The smallest absolute Gasteiger partial charge is 0.428 e. The molecule has 0 saturated carbocycles. The Balaban J connectivity index is 2.10. The fourth-order valence-electron chi connectivity index (χ4n) is 3.51. The number of carbonyl (C=O) groups is 3. The molecule has 18 heteroatoms. The third-order valence-electron chi connectivity index (χ3n) is 5.42. The predicted octanol–water partition coefficient (Wildman–Crippen LogP) is 1.52. The van der Waals surface area contributed by atoms with Crippen LogP contribution in [0.4, 0.5) is 10.5 Å². The molecular weight excluding hydrogens is 713 g/mol. The molecule has 44 heavy (non-hydrogen) atoms. The van der Waals surface area contributed by atoms with E-state index in [0.29, 0.717) is 9.26 Å². The maximum atomic E-state index is 13.1. The minimum atomic E-state index is -4.16. The molecule has 0 radical (unpaired) electrons. The molecule has 2 rings (SSSR count). The number of H-pyrrole nitrogens is 1. The number of rotatable bonds is 14. The number of amides is 3. The number of aromatic nitrogens is 1. The summed E-state index contributed by atoms with van der Waals surface area (Å²) in [6.07, 6.45) is -0.196. The lowest BCUT2D eigenvalue weighted by Gasteiger charge is -2.23. The second-order valence-corrected chi connectivity index (χ2v) is 13.1. The summed E-state index contributed by atoms with van der Waals surface area (Å²) in [6, 6.07) is 6.42. The van der Waals surface area contributed by atoms with Crippen LogP contribution in [0, 0.1) is 10.5 Å². The number of sulfonamides is 1. The molecule has 0 aliphatic carbocycles. The lowest BCUT2D eigenvalue weighted by Crippen LogP contribution is -2.48. The van der Waals surface area contributed by atoms with Crippen molar-refractivity contribution in [2.75, 3.05) is 25.5 Å². The summed E-state index contributed by atoms with van der Waals surface area (Å²) >= 11 is 1.97. The van der Waals surface area contributed by atoms with Crippen molar-refractivity contribution in [3.63, 3.8) is 0 Å². The summed E-state index contributed by atoms with van der Waals surface area (Å²) in [5.41, 5.74) is 3.21. The van der Waals surface area contributed by atoms with Gasteiger partial charge in [-0.2, -0.15) is 5.10 Å². The first-order valence-electron chi connectivity index (χ1n) is 13.0. The van der Waals surface area contributed by atoms with Crippen LogP contribution < -0.4 is 26.5 Å². The van der Waals surface area contributed by atoms with Crippen molar-refractivity contribution >= 4 is 62.5 Å². The van der Waals surface area contributed by atoms with Crippen LogP contribution in [0.25, 0.3) is 0 Å². The molecule has 16 nitrogen and oxygen atoms in total. The normalized spacial score (nSPS) is 12.3. The molecule has 0 aliphatic heterocycles. The summed E-state index contributed by atoms with van der Waals surface area (Å²) in [4.78, 5) is 62.9. The second-order valence-electron chi connectivity index (χ2n) is 10.2. The third kappa shape index (κ3) is 12.1. The lowest BCUT2D eigenvalue weighted by atomic mass is 10.1. The number of halogens is 1. The zero-order valence-electron chi connectivity index (χ0n) is 25.0. The molecule has 0 saturated heterocycles. The van der Waals surface area contributed by atoms with Crippen LogP contribution in [0.5, 0.6) is 0 Å². The SMILES string of the molecule is CON(C)C(=O)[C@H](CCONC=NNC(=O)OC(C)(C)C)NC(=O)Cc1cc(C)[nH]c(=O)c1NS(=O)(=O)c1cccc(I)c1. The number of aryl methyl sites for hydroxylation is 1. The number of hydrazone groups is 1. The average molecular weight is 750 g/mol. The van der Waals surface area contributed by atoms with E-state index in [1.54, 1.807) is 39.8 Å². The Morgan fingerprint density at radius 2 is 1.91 bits per heavy atom. The molecular formula is C26H36IN7O9S. The van der Waals surface area contributed by atoms with Crippen LogP contribution in [0.2, 0.25) is 0 Å². The number of benzene rings is 1. The van der Waals surface area contributed by atoms with E-state index < -0.39 is 51.6 Å². The monoisotopic (exact) mass is 749 g/mol. The Labute approximate surface area is 268 Å². The minimum Gasteiger partial charge on any atom is -0.443 e. The van der Waals surface area contributed by atoms with E-state index >= 15 is 0 Å². The van der Waals surface area contributed by atoms with Gasteiger partial charge in [0.05, 0.1) is 25.0 Å². The second kappa shape index (κ2) is 16.4. The molecule has 2 aromatic rings. The van der Waals surface area contributed by atoms with Gasteiger partial charge in [-0.25, -0.2) is 23.7 Å². The largest absolute Gasteiger partial charge is 0.443 e. The van der Waals surface area contributed by atoms with Gasteiger partial charge in [0.2, 0.25) is 5.91 Å². The number of likely N-dealkylation sites (N-methyl/N-ethyl adjacent to an activating group) is 1. The van der Waals surface area contributed by atoms with E-state index in [9.17, 15) is 27.6 Å². The highest BCUT2D eigenvalue weighted by Gasteiger charge is 2.26.